The molecule has 0 radical (unpaired) electrons. The smallest absolute Gasteiger partial charge is 0.143 e. The van der Waals surface area contributed by atoms with Gasteiger partial charge in [0, 0.05) is 10.6 Å². The first-order chi connectivity index (χ1) is 8.35. The number of carbonyl (C=O) groups is 1. The topological polar surface area (TPSA) is 65.8 Å². The Hall–Kier alpha value is -2.58. The quantitative estimate of drug-likeness (QED) is 0.257. The van der Waals surface area contributed by atoms with Crippen LogP contribution in [0.3, 0.4) is 0 Å². The number of allylic oxidation sites excluding steroid dienone is 1. The predicted molar refractivity (Wildman–Crippen MR) is 67.1 cm³/mol. The summed E-state index contributed by atoms with van der Waals surface area (Å²) in [4.78, 5) is 13.2. The van der Waals surface area contributed by atoms with Gasteiger partial charge >= 0.3 is 0 Å². The van der Waals surface area contributed by atoms with Crippen LogP contribution in [0.4, 0.5) is 0 Å². The minimum Gasteiger partial charge on any atom is -0.299 e. The van der Waals surface area contributed by atoms with Crippen LogP contribution < -0.4 is 0 Å². The molecule has 0 aromatic heterocycles. The normalized spacial score (nSPS) is 10.9. The molecule has 0 aliphatic rings. The molecule has 0 aliphatic carbocycles. The van der Waals surface area contributed by atoms with E-state index in [1.807, 2.05) is 42.5 Å². The second-order valence-corrected chi connectivity index (χ2v) is 3.44. The number of nitrogens with zero attached hydrogens (tertiary/aromatic N) is 3. The summed E-state index contributed by atoms with van der Waals surface area (Å²) < 4.78 is 0. The average molecular weight is 223 g/mol. The highest BCUT2D eigenvalue weighted by atomic mass is 16.1. The number of hydrogen-bond acceptors (Lipinski definition) is 2. The van der Waals surface area contributed by atoms with Crippen molar-refractivity contribution < 1.29 is 4.79 Å². The zero-order valence-corrected chi connectivity index (χ0v) is 8.95. The Balaban J connectivity index is 2.58. The summed E-state index contributed by atoms with van der Waals surface area (Å²) in [7, 11) is 0. The Labute approximate surface area is 97.8 Å². The van der Waals surface area contributed by atoms with Gasteiger partial charge in [0.15, 0.2) is 0 Å². The Kier molecular flexibility index (Phi) is 3.19. The van der Waals surface area contributed by atoms with E-state index >= 15 is 0 Å². The van der Waals surface area contributed by atoms with E-state index in [4.69, 9.17) is 5.53 Å². The Bertz CT molecular complexity index is 640. The molecule has 0 saturated carbocycles. The van der Waals surface area contributed by atoms with Gasteiger partial charge in [-0.25, -0.2) is 0 Å². The molecule has 0 saturated heterocycles. The van der Waals surface area contributed by atoms with Gasteiger partial charge in [-0.1, -0.05) is 41.5 Å². The zero-order chi connectivity index (χ0) is 12.1. The van der Waals surface area contributed by atoms with Crippen LogP contribution in [0.5, 0.6) is 0 Å². The van der Waals surface area contributed by atoms with Crippen LogP contribution >= 0.6 is 0 Å². The van der Waals surface area contributed by atoms with Crippen molar-refractivity contribution in [2.75, 3.05) is 0 Å². The summed E-state index contributed by atoms with van der Waals surface area (Å²) in [5.41, 5.74) is 9.50. The van der Waals surface area contributed by atoms with Crippen LogP contribution in [-0.2, 0) is 4.79 Å². The van der Waals surface area contributed by atoms with Crippen LogP contribution in [0.25, 0.3) is 26.9 Å². The van der Waals surface area contributed by atoms with Gasteiger partial charge < -0.3 is 0 Å². The van der Waals surface area contributed by atoms with Gasteiger partial charge in [0.2, 0.25) is 0 Å². The van der Waals surface area contributed by atoms with Crippen LogP contribution in [0.1, 0.15) is 5.56 Å². The summed E-state index contributed by atoms with van der Waals surface area (Å²) >= 11 is 0. The Morgan fingerprint density at radius 2 is 1.94 bits per heavy atom. The molecule has 2 rings (SSSR count). The number of fused-ring (bicyclic) bond motifs is 1. The number of azide groups is 1. The Morgan fingerprint density at radius 1 is 1.18 bits per heavy atom. The number of aldehydes is 1. The van der Waals surface area contributed by atoms with Crippen LogP contribution in [0.15, 0.2) is 53.7 Å². The molecule has 4 nitrogen and oxygen atoms in total. The van der Waals surface area contributed by atoms with Gasteiger partial charge in [-0.15, -0.1) is 0 Å². The number of rotatable bonds is 3. The van der Waals surface area contributed by atoms with E-state index in [-0.39, 0.29) is 0 Å². The molecule has 0 amide bonds. The highest BCUT2D eigenvalue weighted by molar-refractivity contribution is 5.88. The predicted octanol–water partition coefficient (Wildman–Crippen LogP) is 3.69. The van der Waals surface area contributed by atoms with E-state index in [1.54, 1.807) is 0 Å². The van der Waals surface area contributed by atoms with Crippen molar-refractivity contribution in [1.29, 1.82) is 0 Å². The van der Waals surface area contributed by atoms with Gasteiger partial charge in [-0.3, -0.25) is 4.79 Å². The van der Waals surface area contributed by atoms with Crippen molar-refractivity contribution in [3.63, 3.8) is 0 Å². The molecule has 0 unspecified atom stereocenters. The summed E-state index contributed by atoms with van der Waals surface area (Å²) in [6.45, 7) is 0. The van der Waals surface area contributed by atoms with Gasteiger partial charge in [-0.05, 0) is 34.0 Å². The van der Waals surface area contributed by atoms with Gasteiger partial charge in [0.1, 0.15) is 6.29 Å². The maximum Gasteiger partial charge on any atom is 0.143 e. The lowest BCUT2D eigenvalue weighted by Gasteiger charge is -2.02. The van der Waals surface area contributed by atoms with Crippen molar-refractivity contribution in [2.24, 2.45) is 5.11 Å². The second kappa shape index (κ2) is 4.96. The van der Waals surface area contributed by atoms with E-state index in [9.17, 15) is 4.79 Å². The van der Waals surface area contributed by atoms with E-state index in [1.165, 1.54) is 6.08 Å². The molecule has 0 N–H and O–H groups in total. The third-order valence-corrected chi connectivity index (χ3v) is 2.42. The molecule has 0 bridgehead atoms. The maximum atomic E-state index is 10.5. The molecule has 0 spiro atoms. The first-order valence-electron chi connectivity index (χ1n) is 5.05. The van der Waals surface area contributed by atoms with E-state index in [2.05, 4.69) is 10.0 Å². The maximum absolute atomic E-state index is 10.5. The fourth-order valence-corrected chi connectivity index (χ4v) is 1.65. The lowest BCUT2D eigenvalue weighted by Crippen LogP contribution is -1.82. The first kappa shape index (κ1) is 10.9. The monoisotopic (exact) mass is 223 g/mol. The highest BCUT2D eigenvalue weighted by Gasteiger charge is 2.00. The summed E-state index contributed by atoms with van der Waals surface area (Å²) in [5.74, 6) is 0. The second-order valence-electron chi connectivity index (χ2n) is 3.44. The zero-order valence-electron chi connectivity index (χ0n) is 8.95. The van der Waals surface area contributed by atoms with Gasteiger partial charge in [0.05, 0.1) is 0 Å². The minimum absolute atomic E-state index is 0.327. The molecular weight excluding hydrogens is 214 g/mol. The average Bonchev–Trinajstić information content (AvgIpc) is 2.38. The SMILES string of the molecule is [N-]=[N+]=N/C(=C\C=O)c1ccc2ccccc2c1. The van der Waals surface area contributed by atoms with Gasteiger partial charge in [0.25, 0.3) is 0 Å². The molecule has 17 heavy (non-hydrogen) atoms. The fraction of sp³-hybridized carbons (Fsp3) is 0. The molecule has 2 aromatic carbocycles. The number of hydrogen-bond donors (Lipinski definition) is 0. The fourth-order valence-electron chi connectivity index (χ4n) is 1.65. The number of benzene rings is 2. The lowest BCUT2D eigenvalue weighted by molar-refractivity contribution is -0.104. The van der Waals surface area contributed by atoms with Crippen molar-refractivity contribution in [3.05, 3.63) is 64.5 Å². The largest absolute Gasteiger partial charge is 0.299 e. The molecule has 0 aliphatic heterocycles. The van der Waals surface area contributed by atoms with Gasteiger partial charge in [-0.2, -0.15) is 0 Å². The lowest BCUT2D eigenvalue weighted by atomic mass is 10.1. The number of carbonyl (C=O) groups excluding carboxylic acids is 1. The van der Waals surface area contributed by atoms with Crippen molar-refractivity contribution in [2.45, 2.75) is 0 Å². The summed E-state index contributed by atoms with van der Waals surface area (Å²) in [6, 6.07) is 13.5. The third-order valence-electron chi connectivity index (χ3n) is 2.42. The van der Waals surface area contributed by atoms with Crippen molar-refractivity contribution in [1.82, 2.24) is 0 Å². The van der Waals surface area contributed by atoms with Crippen LogP contribution in [-0.4, -0.2) is 6.29 Å². The first-order valence-corrected chi connectivity index (χ1v) is 5.05. The minimum atomic E-state index is 0.327. The van der Waals surface area contributed by atoms with Crippen molar-refractivity contribution >= 4 is 22.8 Å². The molecule has 4 heteroatoms. The molecule has 82 valence electrons. The van der Waals surface area contributed by atoms with E-state index in [0.717, 1.165) is 16.3 Å². The standard InChI is InChI=1S/C13H9N3O/c14-16-15-13(7-8-17)12-6-5-10-3-1-2-4-11(10)9-12/h1-9H/b13-7-. The van der Waals surface area contributed by atoms with Crippen LogP contribution in [0, 0.1) is 0 Å². The van der Waals surface area contributed by atoms with E-state index < -0.39 is 0 Å². The van der Waals surface area contributed by atoms with Crippen molar-refractivity contribution in [3.8, 4) is 0 Å². The third kappa shape index (κ3) is 2.33. The summed E-state index contributed by atoms with van der Waals surface area (Å²) in [6.07, 6.45) is 1.86. The Morgan fingerprint density at radius 3 is 2.65 bits per heavy atom. The highest BCUT2D eigenvalue weighted by Crippen LogP contribution is 2.21. The summed E-state index contributed by atoms with van der Waals surface area (Å²) in [5, 5.41) is 5.64. The molecule has 0 atom stereocenters. The molecular formula is C13H9N3O. The van der Waals surface area contributed by atoms with E-state index in [0.29, 0.717) is 12.0 Å². The molecule has 2 aromatic rings. The molecule has 0 fully saturated rings. The van der Waals surface area contributed by atoms with Crippen LogP contribution in [0.2, 0.25) is 0 Å². The molecule has 0 heterocycles.